The fraction of sp³-hybridized carbons (Fsp3) is 0.0476. The van der Waals surface area contributed by atoms with Crippen molar-refractivity contribution in [1.29, 1.82) is 0 Å². The summed E-state index contributed by atoms with van der Waals surface area (Å²) in [5.41, 5.74) is 1.73. The van der Waals surface area contributed by atoms with Crippen LogP contribution in [0.4, 0.5) is 14.9 Å². The van der Waals surface area contributed by atoms with Gasteiger partial charge in [0.1, 0.15) is 11.5 Å². The third-order valence-electron chi connectivity index (χ3n) is 4.61. The molecule has 1 saturated heterocycles. The van der Waals surface area contributed by atoms with Gasteiger partial charge in [-0.05, 0) is 42.0 Å². The van der Waals surface area contributed by atoms with Gasteiger partial charge in [0, 0.05) is 24.0 Å². The zero-order chi connectivity index (χ0) is 21.3. The molecule has 0 saturated carbocycles. The lowest BCUT2D eigenvalue weighted by Crippen LogP contribution is -2.30. The predicted molar refractivity (Wildman–Crippen MR) is 106 cm³/mol. The number of benzene rings is 2. The zero-order valence-electron chi connectivity index (χ0n) is 15.5. The number of urea groups is 1. The monoisotopic (exact) mass is 406 g/mol. The van der Waals surface area contributed by atoms with Gasteiger partial charge in [-0.1, -0.05) is 18.2 Å². The van der Waals surface area contributed by atoms with Gasteiger partial charge in [0.2, 0.25) is 0 Å². The van der Waals surface area contributed by atoms with E-state index in [1.807, 2.05) is 0 Å². The van der Waals surface area contributed by atoms with Gasteiger partial charge in [0.15, 0.2) is 0 Å². The molecule has 0 bridgehead atoms. The van der Waals surface area contributed by atoms with Gasteiger partial charge in [0.25, 0.3) is 11.6 Å². The summed E-state index contributed by atoms with van der Waals surface area (Å²) in [7, 11) is 0. The van der Waals surface area contributed by atoms with Crippen molar-refractivity contribution in [1.82, 2.24) is 14.8 Å². The average molecular weight is 406 g/mol. The van der Waals surface area contributed by atoms with Crippen LogP contribution in [0, 0.1) is 15.9 Å². The Kier molecular flexibility index (Phi) is 4.85. The van der Waals surface area contributed by atoms with Crippen molar-refractivity contribution >= 4 is 23.7 Å². The second-order valence-corrected chi connectivity index (χ2v) is 6.59. The fourth-order valence-electron chi connectivity index (χ4n) is 3.14. The molecule has 1 N–H and O–H groups in total. The standard InChI is InChI=1S/C21H15FN4O4/c22-15-8-6-14(7-9-15)13-25-20(27)19(23-21(25)28)12-17-5-2-10-24(17)16-3-1-4-18(11-16)26(29)30/h1-12H,13H2,(H,23,28)/b19-12+. The summed E-state index contributed by atoms with van der Waals surface area (Å²) in [6.07, 6.45) is 3.20. The predicted octanol–water partition coefficient (Wildman–Crippen LogP) is 3.62. The Morgan fingerprint density at radius 3 is 2.57 bits per heavy atom. The highest BCUT2D eigenvalue weighted by Crippen LogP contribution is 2.22. The van der Waals surface area contributed by atoms with Crippen LogP contribution >= 0.6 is 0 Å². The van der Waals surface area contributed by atoms with Crippen LogP contribution in [0.25, 0.3) is 11.8 Å². The number of carbonyl (C=O) groups excluding carboxylic acids is 2. The van der Waals surface area contributed by atoms with Crippen LogP contribution in [0.5, 0.6) is 0 Å². The maximum absolute atomic E-state index is 13.1. The Labute approximate surface area is 170 Å². The molecule has 2 aromatic carbocycles. The topological polar surface area (TPSA) is 97.5 Å². The van der Waals surface area contributed by atoms with Crippen molar-refractivity contribution in [3.63, 3.8) is 0 Å². The van der Waals surface area contributed by atoms with Crippen LogP contribution in [0.3, 0.4) is 0 Å². The van der Waals surface area contributed by atoms with E-state index in [2.05, 4.69) is 5.32 Å². The van der Waals surface area contributed by atoms with Crippen LogP contribution in [0.15, 0.2) is 72.6 Å². The van der Waals surface area contributed by atoms with Crippen molar-refractivity contribution < 1.29 is 18.9 Å². The lowest BCUT2D eigenvalue weighted by Gasteiger charge is -2.11. The van der Waals surface area contributed by atoms with Crippen molar-refractivity contribution in [2.24, 2.45) is 0 Å². The normalized spacial score (nSPS) is 15.0. The average Bonchev–Trinajstić information content (AvgIpc) is 3.30. The minimum Gasteiger partial charge on any atom is -0.317 e. The number of rotatable bonds is 5. The van der Waals surface area contributed by atoms with Gasteiger partial charge in [-0.25, -0.2) is 9.18 Å². The first-order valence-electron chi connectivity index (χ1n) is 8.93. The first-order valence-corrected chi connectivity index (χ1v) is 8.93. The fourth-order valence-corrected chi connectivity index (χ4v) is 3.14. The van der Waals surface area contributed by atoms with Crippen molar-refractivity contribution in [2.75, 3.05) is 0 Å². The summed E-state index contributed by atoms with van der Waals surface area (Å²) in [5.74, 6) is -0.922. The SMILES string of the molecule is O=C1N/C(=C/c2cccn2-c2cccc([N+](=O)[O-])c2)C(=O)N1Cc1ccc(F)cc1. The van der Waals surface area contributed by atoms with Crippen LogP contribution in [0.1, 0.15) is 11.3 Å². The molecule has 3 amide bonds. The number of carbonyl (C=O) groups is 2. The highest BCUT2D eigenvalue weighted by atomic mass is 19.1. The minimum absolute atomic E-state index is 0.00811. The lowest BCUT2D eigenvalue weighted by atomic mass is 10.2. The molecular weight excluding hydrogens is 391 g/mol. The second-order valence-electron chi connectivity index (χ2n) is 6.59. The molecule has 0 aliphatic carbocycles. The van der Waals surface area contributed by atoms with Gasteiger partial charge in [-0.15, -0.1) is 0 Å². The molecule has 1 aliphatic heterocycles. The van der Waals surface area contributed by atoms with E-state index in [0.717, 1.165) is 4.90 Å². The van der Waals surface area contributed by atoms with Crippen LogP contribution in [-0.4, -0.2) is 26.3 Å². The molecule has 0 unspecified atom stereocenters. The molecule has 0 radical (unpaired) electrons. The Balaban J connectivity index is 1.60. The molecule has 1 aliphatic rings. The number of hydrogen-bond donors (Lipinski definition) is 1. The van der Waals surface area contributed by atoms with Crippen LogP contribution < -0.4 is 5.32 Å². The molecule has 0 atom stereocenters. The summed E-state index contributed by atoms with van der Waals surface area (Å²) in [6.45, 7) is 0.00811. The number of halogens is 1. The first-order chi connectivity index (χ1) is 14.4. The molecule has 1 fully saturated rings. The summed E-state index contributed by atoms with van der Waals surface area (Å²) in [5, 5.41) is 13.6. The number of amides is 3. The maximum atomic E-state index is 13.1. The van der Waals surface area contributed by atoms with Gasteiger partial charge in [-0.2, -0.15) is 0 Å². The molecule has 150 valence electrons. The van der Waals surface area contributed by atoms with E-state index in [-0.39, 0.29) is 17.9 Å². The number of nitrogens with zero attached hydrogens (tertiary/aromatic N) is 3. The van der Waals surface area contributed by atoms with Crippen LogP contribution in [0.2, 0.25) is 0 Å². The molecule has 8 nitrogen and oxygen atoms in total. The van der Waals surface area contributed by atoms with E-state index >= 15 is 0 Å². The van der Waals surface area contributed by atoms with E-state index in [4.69, 9.17) is 0 Å². The summed E-state index contributed by atoms with van der Waals surface area (Å²) in [6, 6.07) is 14.5. The highest BCUT2D eigenvalue weighted by Gasteiger charge is 2.33. The van der Waals surface area contributed by atoms with Gasteiger partial charge in [0.05, 0.1) is 17.2 Å². The smallest absolute Gasteiger partial charge is 0.317 e. The number of nitro benzene ring substituents is 1. The molecule has 1 aromatic heterocycles. The third-order valence-corrected chi connectivity index (χ3v) is 4.61. The van der Waals surface area contributed by atoms with Crippen molar-refractivity contribution in [2.45, 2.75) is 6.54 Å². The first kappa shape index (κ1) is 19.1. The quantitative estimate of drug-likeness (QED) is 0.303. The molecular formula is C21H15FN4O4. The van der Waals surface area contributed by atoms with E-state index in [0.29, 0.717) is 16.9 Å². The molecule has 2 heterocycles. The summed E-state index contributed by atoms with van der Waals surface area (Å²) >= 11 is 0. The van der Waals surface area contributed by atoms with Crippen LogP contribution in [-0.2, 0) is 11.3 Å². The second kappa shape index (κ2) is 7.63. The van der Waals surface area contributed by atoms with E-state index in [9.17, 15) is 24.1 Å². The van der Waals surface area contributed by atoms with Crippen molar-refractivity contribution in [3.05, 3.63) is 99.7 Å². The molecule has 0 spiro atoms. The molecule has 9 heteroatoms. The summed E-state index contributed by atoms with van der Waals surface area (Å²) in [4.78, 5) is 36.5. The number of imide groups is 1. The Hall–Kier alpha value is -4.27. The van der Waals surface area contributed by atoms with E-state index in [1.54, 1.807) is 35.0 Å². The number of nitro groups is 1. The van der Waals surface area contributed by atoms with Gasteiger partial charge < -0.3 is 9.88 Å². The molecule has 3 aromatic rings. The lowest BCUT2D eigenvalue weighted by molar-refractivity contribution is -0.384. The number of nitrogens with one attached hydrogen (secondary N) is 1. The van der Waals surface area contributed by atoms with Crippen molar-refractivity contribution in [3.8, 4) is 5.69 Å². The van der Waals surface area contributed by atoms with Gasteiger partial charge in [-0.3, -0.25) is 19.8 Å². The van der Waals surface area contributed by atoms with E-state index < -0.39 is 22.7 Å². The largest absolute Gasteiger partial charge is 0.329 e. The Bertz CT molecular complexity index is 1180. The third kappa shape index (κ3) is 3.68. The highest BCUT2D eigenvalue weighted by molar-refractivity contribution is 6.13. The number of hydrogen-bond acceptors (Lipinski definition) is 4. The number of non-ortho nitro benzene ring substituents is 1. The molecule has 30 heavy (non-hydrogen) atoms. The Morgan fingerprint density at radius 1 is 1.07 bits per heavy atom. The van der Waals surface area contributed by atoms with Gasteiger partial charge >= 0.3 is 6.03 Å². The summed E-state index contributed by atoms with van der Waals surface area (Å²) < 4.78 is 14.7. The number of aromatic nitrogens is 1. The Morgan fingerprint density at radius 2 is 1.83 bits per heavy atom. The van der Waals surface area contributed by atoms with E-state index in [1.165, 1.54) is 42.5 Å². The minimum atomic E-state index is -0.580. The zero-order valence-corrected chi connectivity index (χ0v) is 15.5. The maximum Gasteiger partial charge on any atom is 0.329 e. The molecule has 4 rings (SSSR count).